The maximum Gasteiger partial charge on any atom is 0.261 e. The van der Waals surface area contributed by atoms with E-state index in [1.165, 1.54) is 17.6 Å². The summed E-state index contributed by atoms with van der Waals surface area (Å²) in [6.45, 7) is 0.433. The summed E-state index contributed by atoms with van der Waals surface area (Å²) in [4.78, 5) is 24.8. The number of hydrogen-bond donors (Lipinski definition) is 0. The molecule has 2 aromatic carbocycles. The Morgan fingerprint density at radius 2 is 1.73 bits per heavy atom. The molecule has 0 saturated heterocycles. The molecule has 0 amide bonds. The second-order valence-corrected chi connectivity index (χ2v) is 6.30. The highest BCUT2D eigenvalue weighted by Crippen LogP contribution is 2.15. The van der Waals surface area contributed by atoms with Crippen LogP contribution in [0.4, 0.5) is 0 Å². The molecule has 0 unspecified atom stereocenters. The lowest BCUT2D eigenvalue weighted by atomic mass is 10.1. The van der Waals surface area contributed by atoms with E-state index in [4.69, 9.17) is 11.6 Å². The maximum absolute atomic E-state index is 12.3. The van der Waals surface area contributed by atoms with Crippen LogP contribution in [-0.4, -0.2) is 9.74 Å². The fraction of sp³-hybridized carbons (Fsp3) is 0.0588. The summed E-state index contributed by atoms with van der Waals surface area (Å²) in [5.74, 6) is -0.127. The lowest BCUT2D eigenvalue weighted by molar-refractivity contribution is 0.104. The van der Waals surface area contributed by atoms with Gasteiger partial charge in [0.25, 0.3) is 5.56 Å². The summed E-state index contributed by atoms with van der Waals surface area (Å²) >= 11 is 7.03. The van der Waals surface area contributed by atoms with Gasteiger partial charge < -0.3 is 0 Å². The predicted octanol–water partition coefficient (Wildman–Crippen LogP) is 3.84. The van der Waals surface area contributed by atoms with E-state index in [0.717, 1.165) is 5.56 Å². The Morgan fingerprint density at radius 3 is 2.41 bits per heavy atom. The molecule has 0 bridgehead atoms. The molecule has 0 aliphatic rings. The van der Waals surface area contributed by atoms with E-state index in [1.807, 2.05) is 18.2 Å². The number of benzene rings is 2. The van der Waals surface area contributed by atoms with Crippen molar-refractivity contribution in [2.75, 3.05) is 0 Å². The Bertz CT molecular complexity index is 850. The molecule has 1 aromatic heterocycles. The number of rotatable bonds is 4. The first-order valence-corrected chi connectivity index (χ1v) is 7.84. The van der Waals surface area contributed by atoms with Gasteiger partial charge in [-0.2, -0.15) is 0 Å². The second kappa shape index (κ2) is 6.30. The molecule has 3 aromatic rings. The highest BCUT2D eigenvalue weighted by atomic mass is 35.5. The van der Waals surface area contributed by atoms with Crippen molar-refractivity contribution in [2.24, 2.45) is 0 Å². The van der Waals surface area contributed by atoms with Gasteiger partial charge in [-0.15, -0.1) is 0 Å². The van der Waals surface area contributed by atoms with Gasteiger partial charge in [0, 0.05) is 16.7 Å². The Labute approximate surface area is 136 Å². The van der Waals surface area contributed by atoms with E-state index in [9.17, 15) is 9.59 Å². The molecule has 0 aliphatic heterocycles. The van der Waals surface area contributed by atoms with Crippen LogP contribution in [0.2, 0.25) is 5.02 Å². The van der Waals surface area contributed by atoms with Gasteiger partial charge in [0.15, 0.2) is 0 Å². The molecule has 3 nitrogen and oxygen atoms in total. The molecule has 0 saturated carbocycles. The molecular weight excluding hydrogens is 318 g/mol. The first-order valence-electron chi connectivity index (χ1n) is 6.69. The molecule has 5 heteroatoms. The van der Waals surface area contributed by atoms with Crippen LogP contribution >= 0.6 is 23.1 Å². The average Bonchev–Trinajstić information content (AvgIpc) is 2.91. The molecule has 0 spiro atoms. The zero-order valence-electron chi connectivity index (χ0n) is 11.5. The Morgan fingerprint density at radius 1 is 1.05 bits per heavy atom. The summed E-state index contributed by atoms with van der Waals surface area (Å²) in [6.07, 6.45) is 0. The van der Waals surface area contributed by atoms with Crippen LogP contribution in [0.1, 0.15) is 20.8 Å². The van der Waals surface area contributed by atoms with Gasteiger partial charge in [-0.1, -0.05) is 65.6 Å². The van der Waals surface area contributed by atoms with Crippen LogP contribution in [-0.2, 0) is 6.54 Å². The summed E-state index contributed by atoms with van der Waals surface area (Å²) in [7, 11) is 0. The lowest BCUT2D eigenvalue weighted by Gasteiger charge is -2.01. The molecule has 1 heterocycles. The largest absolute Gasteiger partial charge is 0.288 e. The molecule has 3 rings (SSSR count). The third-order valence-electron chi connectivity index (χ3n) is 3.21. The minimum atomic E-state index is -0.167. The SMILES string of the molecule is O=C(c1ccccc1)c1cc(=O)n(Cc2ccc(Cl)cc2)s1. The van der Waals surface area contributed by atoms with Gasteiger partial charge in [0.1, 0.15) is 0 Å². The number of aromatic nitrogens is 1. The molecule has 0 radical (unpaired) electrons. The number of hydrogen-bond acceptors (Lipinski definition) is 3. The van der Waals surface area contributed by atoms with Crippen LogP contribution < -0.4 is 5.56 Å². The summed E-state index contributed by atoms with van der Waals surface area (Å²) in [5, 5.41) is 0.655. The first kappa shape index (κ1) is 14.8. The quantitative estimate of drug-likeness (QED) is 0.682. The zero-order chi connectivity index (χ0) is 15.5. The van der Waals surface area contributed by atoms with Crippen molar-refractivity contribution in [1.29, 1.82) is 0 Å². The minimum Gasteiger partial charge on any atom is -0.288 e. The molecular formula is C17H12ClNO2S. The second-order valence-electron chi connectivity index (χ2n) is 4.80. The monoisotopic (exact) mass is 329 g/mol. The first-order chi connectivity index (χ1) is 10.6. The minimum absolute atomic E-state index is 0.127. The highest BCUT2D eigenvalue weighted by Gasteiger charge is 2.14. The number of carbonyl (C=O) groups excluding carboxylic acids is 1. The van der Waals surface area contributed by atoms with Crippen molar-refractivity contribution < 1.29 is 4.79 Å². The van der Waals surface area contributed by atoms with Gasteiger partial charge in [0.2, 0.25) is 5.78 Å². The summed E-state index contributed by atoms with van der Waals surface area (Å²) in [5.41, 5.74) is 1.38. The van der Waals surface area contributed by atoms with Crippen LogP contribution in [0, 0.1) is 0 Å². The zero-order valence-corrected chi connectivity index (χ0v) is 13.1. The van der Waals surface area contributed by atoms with Gasteiger partial charge in [-0.3, -0.25) is 13.5 Å². The Balaban J connectivity index is 1.86. The fourth-order valence-corrected chi connectivity index (χ4v) is 3.15. The Hall–Kier alpha value is -2.17. The lowest BCUT2D eigenvalue weighted by Crippen LogP contribution is -2.12. The molecule has 110 valence electrons. The Kier molecular flexibility index (Phi) is 4.22. The molecule has 22 heavy (non-hydrogen) atoms. The van der Waals surface area contributed by atoms with E-state index in [1.54, 1.807) is 40.4 Å². The molecule has 0 fully saturated rings. The maximum atomic E-state index is 12.3. The van der Waals surface area contributed by atoms with E-state index in [-0.39, 0.29) is 11.3 Å². The van der Waals surface area contributed by atoms with E-state index < -0.39 is 0 Å². The summed E-state index contributed by atoms with van der Waals surface area (Å²) in [6, 6.07) is 17.7. The smallest absolute Gasteiger partial charge is 0.261 e. The normalized spacial score (nSPS) is 10.6. The number of carbonyl (C=O) groups is 1. The third-order valence-corrected chi connectivity index (χ3v) is 4.49. The van der Waals surface area contributed by atoms with E-state index in [2.05, 4.69) is 0 Å². The number of halogens is 1. The van der Waals surface area contributed by atoms with Crippen LogP contribution in [0.25, 0.3) is 0 Å². The predicted molar refractivity (Wildman–Crippen MR) is 89.0 cm³/mol. The van der Waals surface area contributed by atoms with Crippen LogP contribution in [0.5, 0.6) is 0 Å². The molecule has 0 N–H and O–H groups in total. The third kappa shape index (κ3) is 3.18. The highest BCUT2D eigenvalue weighted by molar-refractivity contribution is 7.08. The van der Waals surface area contributed by atoms with Crippen molar-refractivity contribution in [2.45, 2.75) is 6.54 Å². The number of ketones is 1. The van der Waals surface area contributed by atoms with Gasteiger partial charge in [-0.25, -0.2) is 0 Å². The van der Waals surface area contributed by atoms with Gasteiger partial charge in [-0.05, 0) is 17.7 Å². The average molecular weight is 330 g/mol. The van der Waals surface area contributed by atoms with Gasteiger partial charge in [0.05, 0.1) is 11.4 Å². The van der Waals surface area contributed by atoms with Crippen molar-refractivity contribution in [3.05, 3.63) is 92.0 Å². The topological polar surface area (TPSA) is 39.1 Å². The summed E-state index contributed by atoms with van der Waals surface area (Å²) < 4.78 is 1.57. The van der Waals surface area contributed by atoms with Crippen LogP contribution in [0.3, 0.4) is 0 Å². The fourth-order valence-electron chi connectivity index (χ4n) is 2.08. The van der Waals surface area contributed by atoms with Gasteiger partial charge >= 0.3 is 0 Å². The standard InChI is InChI=1S/C17H12ClNO2S/c18-14-8-6-12(7-9-14)11-19-16(20)10-15(22-19)17(21)13-4-2-1-3-5-13/h1-10H,11H2. The van der Waals surface area contributed by atoms with Crippen molar-refractivity contribution >= 4 is 28.9 Å². The van der Waals surface area contributed by atoms with Crippen molar-refractivity contribution in [3.63, 3.8) is 0 Å². The number of nitrogens with zero attached hydrogens (tertiary/aromatic N) is 1. The van der Waals surface area contributed by atoms with Crippen molar-refractivity contribution in [1.82, 2.24) is 3.96 Å². The molecule has 0 atom stereocenters. The van der Waals surface area contributed by atoms with Crippen LogP contribution in [0.15, 0.2) is 65.5 Å². The van der Waals surface area contributed by atoms with E-state index >= 15 is 0 Å². The van der Waals surface area contributed by atoms with Crippen molar-refractivity contribution in [3.8, 4) is 0 Å². The van der Waals surface area contributed by atoms with E-state index in [0.29, 0.717) is 22.0 Å². The molecule has 0 aliphatic carbocycles.